The van der Waals surface area contributed by atoms with Crippen molar-refractivity contribution in [1.29, 1.82) is 5.26 Å². The van der Waals surface area contributed by atoms with Crippen LogP contribution in [0.3, 0.4) is 0 Å². The van der Waals surface area contributed by atoms with Gasteiger partial charge in [0, 0.05) is 26.7 Å². The molecule has 0 amide bonds. The zero-order valence-electron chi connectivity index (χ0n) is 9.44. The first kappa shape index (κ1) is 12.6. The van der Waals surface area contributed by atoms with Crippen molar-refractivity contribution < 1.29 is 4.74 Å². The predicted octanol–water partition coefficient (Wildman–Crippen LogP) is 1.09. The van der Waals surface area contributed by atoms with Gasteiger partial charge in [0.15, 0.2) is 10.3 Å². The summed E-state index contributed by atoms with van der Waals surface area (Å²) in [6.45, 7) is 3.22. The largest absolute Gasteiger partial charge is 0.374 e. The molecule has 1 aliphatic heterocycles. The van der Waals surface area contributed by atoms with Crippen LogP contribution in [0.25, 0.3) is 0 Å². The van der Waals surface area contributed by atoms with Crippen LogP contribution in [-0.4, -0.2) is 44.4 Å². The number of anilines is 1. The molecule has 0 spiro atoms. The molecular formula is C10H13ClN4OS. The molecule has 1 aromatic rings. The van der Waals surface area contributed by atoms with E-state index in [1.54, 1.807) is 0 Å². The number of nitriles is 1. The fraction of sp³-hybridized carbons (Fsp3) is 0.600. The van der Waals surface area contributed by atoms with Crippen molar-refractivity contribution >= 4 is 28.1 Å². The highest BCUT2D eigenvalue weighted by Gasteiger charge is 2.18. The summed E-state index contributed by atoms with van der Waals surface area (Å²) >= 11 is 7.14. The highest BCUT2D eigenvalue weighted by atomic mass is 35.5. The molecule has 1 aromatic heterocycles. The summed E-state index contributed by atoms with van der Waals surface area (Å²) in [4.78, 5) is 6.58. The topological polar surface area (TPSA) is 61.2 Å². The number of rotatable bonds is 3. The third kappa shape index (κ3) is 3.07. The van der Waals surface area contributed by atoms with E-state index in [9.17, 15) is 0 Å². The Morgan fingerprint density at radius 2 is 2.59 bits per heavy atom. The van der Waals surface area contributed by atoms with Crippen LogP contribution in [0.1, 0.15) is 4.88 Å². The number of morpholine rings is 1. The Morgan fingerprint density at radius 1 is 1.76 bits per heavy atom. The fourth-order valence-electron chi connectivity index (χ4n) is 1.64. The van der Waals surface area contributed by atoms with E-state index >= 15 is 0 Å². The molecule has 0 bridgehead atoms. The molecule has 1 saturated heterocycles. The molecule has 1 fully saturated rings. The lowest BCUT2D eigenvalue weighted by molar-refractivity contribution is 0.0340. The van der Waals surface area contributed by atoms with E-state index in [4.69, 9.17) is 21.6 Å². The summed E-state index contributed by atoms with van der Waals surface area (Å²) in [5, 5.41) is 13.1. The minimum absolute atomic E-state index is 0.155. The van der Waals surface area contributed by atoms with Crippen LogP contribution in [0.4, 0.5) is 5.13 Å². The average Bonchev–Trinajstić information content (AvgIpc) is 2.72. The summed E-state index contributed by atoms with van der Waals surface area (Å²) in [5.74, 6) is 0. The molecule has 1 atom stereocenters. The van der Waals surface area contributed by atoms with E-state index in [2.05, 4.69) is 10.3 Å². The van der Waals surface area contributed by atoms with Gasteiger partial charge in [-0.2, -0.15) is 5.26 Å². The molecule has 0 aliphatic carbocycles. The predicted molar refractivity (Wildman–Crippen MR) is 67.7 cm³/mol. The van der Waals surface area contributed by atoms with E-state index in [0.717, 1.165) is 31.4 Å². The minimum Gasteiger partial charge on any atom is -0.374 e. The van der Waals surface area contributed by atoms with Gasteiger partial charge in [-0.1, -0.05) is 22.9 Å². The first-order valence-electron chi connectivity index (χ1n) is 5.30. The van der Waals surface area contributed by atoms with E-state index in [1.165, 1.54) is 11.3 Å². The zero-order valence-corrected chi connectivity index (χ0v) is 11.0. The van der Waals surface area contributed by atoms with Crippen LogP contribution in [0.15, 0.2) is 0 Å². The smallest absolute Gasteiger partial charge is 0.187 e. The molecule has 2 rings (SSSR count). The molecule has 92 valence electrons. The Bertz CT molecular complexity index is 424. The maximum absolute atomic E-state index is 8.82. The first-order chi connectivity index (χ1) is 8.20. The van der Waals surface area contributed by atoms with Crippen LogP contribution >= 0.6 is 22.9 Å². The normalized spacial score (nSPS) is 19.9. The second-order valence-electron chi connectivity index (χ2n) is 3.81. The first-order valence-corrected chi connectivity index (χ1v) is 6.50. The van der Waals surface area contributed by atoms with Crippen molar-refractivity contribution in [2.24, 2.45) is 0 Å². The second-order valence-corrected chi connectivity index (χ2v) is 5.14. The molecule has 1 aliphatic rings. The van der Waals surface area contributed by atoms with E-state index < -0.39 is 0 Å². The van der Waals surface area contributed by atoms with Crippen LogP contribution in [-0.2, 0) is 4.74 Å². The summed E-state index contributed by atoms with van der Waals surface area (Å²) < 4.78 is 5.61. The number of hydrogen-bond acceptors (Lipinski definition) is 6. The molecule has 0 aromatic carbocycles. The number of ether oxygens (including phenoxy) is 1. The standard InChI is InChI=1S/C10H13ClN4OS/c1-15(6-7-5-13-2-3-16-7)10-14-9(11)8(4-12)17-10/h7,13H,2-3,5-6H2,1H3. The quantitative estimate of drug-likeness (QED) is 0.893. The molecular weight excluding hydrogens is 260 g/mol. The maximum Gasteiger partial charge on any atom is 0.187 e. The maximum atomic E-state index is 8.82. The Morgan fingerprint density at radius 3 is 3.18 bits per heavy atom. The molecule has 1 N–H and O–H groups in total. The average molecular weight is 273 g/mol. The molecule has 0 radical (unpaired) electrons. The lowest BCUT2D eigenvalue weighted by atomic mass is 10.3. The number of nitrogens with zero attached hydrogens (tertiary/aromatic N) is 3. The van der Waals surface area contributed by atoms with Gasteiger partial charge in [-0.3, -0.25) is 0 Å². The molecule has 7 heteroatoms. The van der Waals surface area contributed by atoms with Gasteiger partial charge in [0.2, 0.25) is 0 Å². The van der Waals surface area contributed by atoms with Gasteiger partial charge in [-0.25, -0.2) is 4.98 Å². The van der Waals surface area contributed by atoms with Crippen LogP contribution in [0.2, 0.25) is 5.15 Å². The van der Waals surface area contributed by atoms with E-state index in [-0.39, 0.29) is 11.3 Å². The number of hydrogen-bond donors (Lipinski definition) is 1. The number of aromatic nitrogens is 1. The summed E-state index contributed by atoms with van der Waals surface area (Å²) in [5.41, 5.74) is 0. The molecule has 5 nitrogen and oxygen atoms in total. The minimum atomic E-state index is 0.155. The number of nitrogens with one attached hydrogen (secondary N) is 1. The zero-order chi connectivity index (χ0) is 12.3. The van der Waals surface area contributed by atoms with Gasteiger partial charge < -0.3 is 15.0 Å². The van der Waals surface area contributed by atoms with Crippen molar-refractivity contribution in [3.05, 3.63) is 10.0 Å². The third-order valence-corrected chi connectivity index (χ3v) is 3.94. The Hall–Kier alpha value is -0.870. The second kappa shape index (κ2) is 5.65. The van der Waals surface area contributed by atoms with Gasteiger partial charge in [0.1, 0.15) is 10.9 Å². The number of likely N-dealkylation sites (N-methyl/N-ethyl adjacent to an activating group) is 1. The van der Waals surface area contributed by atoms with Crippen LogP contribution in [0.5, 0.6) is 0 Å². The Labute approximate surface area is 109 Å². The van der Waals surface area contributed by atoms with Gasteiger partial charge in [0.05, 0.1) is 12.7 Å². The summed E-state index contributed by atoms with van der Waals surface area (Å²) in [6.07, 6.45) is 0.155. The molecule has 2 heterocycles. The van der Waals surface area contributed by atoms with E-state index in [0.29, 0.717) is 4.88 Å². The van der Waals surface area contributed by atoms with Crippen molar-refractivity contribution in [2.75, 3.05) is 38.2 Å². The van der Waals surface area contributed by atoms with Gasteiger partial charge in [-0.05, 0) is 0 Å². The van der Waals surface area contributed by atoms with Crippen molar-refractivity contribution in [2.45, 2.75) is 6.10 Å². The third-order valence-electron chi connectivity index (χ3n) is 2.48. The SMILES string of the molecule is CN(CC1CNCCO1)c1nc(Cl)c(C#N)s1. The van der Waals surface area contributed by atoms with Gasteiger partial charge in [0.25, 0.3) is 0 Å². The lowest BCUT2D eigenvalue weighted by Gasteiger charge is -2.27. The number of thiazole rings is 1. The summed E-state index contributed by atoms with van der Waals surface area (Å²) in [6, 6.07) is 2.03. The fourth-order valence-corrected chi connectivity index (χ4v) is 2.66. The Kier molecular flexibility index (Phi) is 4.18. The van der Waals surface area contributed by atoms with Gasteiger partial charge in [-0.15, -0.1) is 0 Å². The number of halogens is 1. The van der Waals surface area contributed by atoms with Crippen LogP contribution < -0.4 is 10.2 Å². The molecule has 1 unspecified atom stereocenters. The lowest BCUT2D eigenvalue weighted by Crippen LogP contribution is -2.44. The monoisotopic (exact) mass is 272 g/mol. The van der Waals surface area contributed by atoms with Crippen LogP contribution in [0, 0.1) is 11.3 Å². The highest BCUT2D eigenvalue weighted by Crippen LogP contribution is 2.28. The van der Waals surface area contributed by atoms with Crippen molar-refractivity contribution in [3.8, 4) is 6.07 Å². The molecule has 0 saturated carbocycles. The van der Waals surface area contributed by atoms with Crippen molar-refractivity contribution in [1.82, 2.24) is 10.3 Å². The van der Waals surface area contributed by atoms with E-state index in [1.807, 2.05) is 18.0 Å². The van der Waals surface area contributed by atoms with Crippen molar-refractivity contribution in [3.63, 3.8) is 0 Å². The Balaban J connectivity index is 1.98. The molecule has 17 heavy (non-hydrogen) atoms. The van der Waals surface area contributed by atoms with Gasteiger partial charge >= 0.3 is 0 Å². The summed E-state index contributed by atoms with van der Waals surface area (Å²) in [7, 11) is 1.92. The highest BCUT2D eigenvalue weighted by molar-refractivity contribution is 7.16.